The molecule has 0 aliphatic heterocycles. The van der Waals surface area contributed by atoms with Gasteiger partial charge in [-0.05, 0) is 17.8 Å². The van der Waals surface area contributed by atoms with Gasteiger partial charge in [0.15, 0.2) is 0 Å². The minimum absolute atomic E-state index is 0.311. The maximum Gasteiger partial charge on any atom is 0.132 e. The molecule has 0 spiro atoms. The molecule has 1 fully saturated rings. The highest BCUT2D eigenvalue weighted by atomic mass is 15.1. The molecule has 0 unspecified atom stereocenters. The molecule has 0 aromatic carbocycles. The first-order chi connectivity index (χ1) is 7.79. The van der Waals surface area contributed by atoms with Crippen LogP contribution in [-0.4, -0.2) is 23.1 Å². The van der Waals surface area contributed by atoms with E-state index in [2.05, 4.69) is 48.3 Å². The molecule has 0 saturated heterocycles. The van der Waals surface area contributed by atoms with E-state index in [-0.39, 0.29) is 0 Å². The third kappa shape index (κ3) is 1.85. The van der Waals surface area contributed by atoms with Crippen molar-refractivity contribution in [1.29, 1.82) is 0 Å². The standard InChI is InChI=1S/C13H22N4/c1-8-15-9(14-6)7-10(16-8)17-11-12(2,3)13(11,4)5/h7,11H,1-6H3,(H2,14,15,16,17). The SMILES string of the molecule is CNc1cc(NC2C(C)(C)C2(C)C)nc(C)n1. The summed E-state index contributed by atoms with van der Waals surface area (Å²) >= 11 is 0. The van der Waals surface area contributed by atoms with Crippen molar-refractivity contribution in [2.75, 3.05) is 17.7 Å². The molecule has 0 atom stereocenters. The van der Waals surface area contributed by atoms with Gasteiger partial charge in [-0.3, -0.25) is 0 Å². The summed E-state index contributed by atoms with van der Waals surface area (Å²) in [7, 11) is 1.87. The van der Waals surface area contributed by atoms with Gasteiger partial charge in [0.05, 0.1) is 0 Å². The second-order valence-corrected chi connectivity index (χ2v) is 5.96. The summed E-state index contributed by atoms with van der Waals surface area (Å²) in [5.41, 5.74) is 0.622. The van der Waals surface area contributed by atoms with Gasteiger partial charge < -0.3 is 10.6 Å². The van der Waals surface area contributed by atoms with Crippen molar-refractivity contribution < 1.29 is 0 Å². The fourth-order valence-electron chi connectivity index (χ4n) is 2.47. The van der Waals surface area contributed by atoms with E-state index in [0.717, 1.165) is 17.5 Å². The van der Waals surface area contributed by atoms with E-state index in [1.54, 1.807) is 0 Å². The third-order valence-corrected chi connectivity index (χ3v) is 4.41. The Morgan fingerprint density at radius 2 is 1.59 bits per heavy atom. The molecule has 1 saturated carbocycles. The maximum atomic E-state index is 4.43. The molecule has 94 valence electrons. The Kier molecular flexibility index (Phi) is 2.56. The number of hydrogen-bond acceptors (Lipinski definition) is 4. The van der Waals surface area contributed by atoms with E-state index in [0.29, 0.717) is 16.9 Å². The predicted octanol–water partition coefficient (Wildman–Crippen LogP) is 2.67. The minimum atomic E-state index is 0.311. The van der Waals surface area contributed by atoms with Crippen molar-refractivity contribution in [1.82, 2.24) is 9.97 Å². The van der Waals surface area contributed by atoms with Crippen LogP contribution in [0, 0.1) is 17.8 Å². The van der Waals surface area contributed by atoms with Crippen LogP contribution in [0.5, 0.6) is 0 Å². The number of hydrogen-bond donors (Lipinski definition) is 2. The van der Waals surface area contributed by atoms with Crippen LogP contribution >= 0.6 is 0 Å². The molecular formula is C13H22N4. The average molecular weight is 234 g/mol. The highest BCUT2D eigenvalue weighted by Crippen LogP contribution is 2.63. The van der Waals surface area contributed by atoms with Gasteiger partial charge in [-0.2, -0.15) is 0 Å². The summed E-state index contributed by atoms with van der Waals surface area (Å²) in [6, 6.07) is 2.42. The average Bonchev–Trinajstić information content (AvgIpc) is 2.60. The van der Waals surface area contributed by atoms with Crippen LogP contribution in [-0.2, 0) is 0 Å². The van der Waals surface area contributed by atoms with E-state index < -0.39 is 0 Å². The lowest BCUT2D eigenvalue weighted by molar-refractivity contribution is 0.457. The zero-order valence-corrected chi connectivity index (χ0v) is 11.5. The smallest absolute Gasteiger partial charge is 0.132 e. The van der Waals surface area contributed by atoms with E-state index in [9.17, 15) is 0 Å². The first-order valence-corrected chi connectivity index (χ1v) is 6.09. The molecule has 1 aliphatic carbocycles. The van der Waals surface area contributed by atoms with Crippen LogP contribution in [0.15, 0.2) is 6.07 Å². The molecular weight excluding hydrogens is 212 g/mol. The van der Waals surface area contributed by atoms with Gasteiger partial charge in [0.1, 0.15) is 17.5 Å². The number of nitrogens with one attached hydrogen (secondary N) is 2. The minimum Gasteiger partial charge on any atom is -0.373 e. The van der Waals surface area contributed by atoms with Crippen molar-refractivity contribution in [2.45, 2.75) is 40.7 Å². The summed E-state index contributed by atoms with van der Waals surface area (Å²) in [6.07, 6.45) is 0. The molecule has 2 rings (SSSR count). The van der Waals surface area contributed by atoms with Gasteiger partial charge in [0.2, 0.25) is 0 Å². The van der Waals surface area contributed by atoms with Crippen molar-refractivity contribution in [3.63, 3.8) is 0 Å². The van der Waals surface area contributed by atoms with Crippen molar-refractivity contribution in [3.05, 3.63) is 11.9 Å². The van der Waals surface area contributed by atoms with Gasteiger partial charge in [-0.15, -0.1) is 0 Å². The first-order valence-electron chi connectivity index (χ1n) is 6.09. The summed E-state index contributed by atoms with van der Waals surface area (Å²) in [5, 5.41) is 6.57. The molecule has 1 aliphatic rings. The van der Waals surface area contributed by atoms with Gasteiger partial charge in [-0.25, -0.2) is 9.97 Å². The molecule has 0 amide bonds. The highest BCUT2D eigenvalue weighted by molar-refractivity contribution is 5.50. The topological polar surface area (TPSA) is 49.8 Å². The van der Waals surface area contributed by atoms with E-state index in [1.807, 2.05) is 20.0 Å². The van der Waals surface area contributed by atoms with Crippen molar-refractivity contribution in [3.8, 4) is 0 Å². The molecule has 1 heterocycles. The lowest BCUT2D eigenvalue weighted by atomic mass is 10.0. The lowest BCUT2D eigenvalue weighted by Gasteiger charge is -2.09. The van der Waals surface area contributed by atoms with Crippen LogP contribution in [0.1, 0.15) is 33.5 Å². The van der Waals surface area contributed by atoms with E-state index in [4.69, 9.17) is 0 Å². The van der Waals surface area contributed by atoms with Gasteiger partial charge in [0, 0.05) is 19.2 Å². The predicted molar refractivity (Wildman–Crippen MR) is 71.3 cm³/mol. The number of aryl methyl sites for hydroxylation is 1. The normalized spacial score (nSPS) is 21.1. The van der Waals surface area contributed by atoms with Crippen molar-refractivity contribution in [2.24, 2.45) is 10.8 Å². The molecule has 4 nitrogen and oxygen atoms in total. The molecule has 0 radical (unpaired) electrons. The zero-order valence-electron chi connectivity index (χ0n) is 11.5. The summed E-state index contributed by atoms with van der Waals surface area (Å²) in [4.78, 5) is 8.72. The summed E-state index contributed by atoms with van der Waals surface area (Å²) < 4.78 is 0. The molecule has 17 heavy (non-hydrogen) atoms. The van der Waals surface area contributed by atoms with Crippen LogP contribution < -0.4 is 10.6 Å². The Bertz CT molecular complexity index is 423. The first kappa shape index (κ1) is 12.1. The van der Waals surface area contributed by atoms with Crippen LogP contribution in [0.3, 0.4) is 0 Å². The quantitative estimate of drug-likeness (QED) is 0.844. The molecule has 2 N–H and O–H groups in total. The Labute approximate surface area is 103 Å². The fraction of sp³-hybridized carbons (Fsp3) is 0.692. The van der Waals surface area contributed by atoms with Gasteiger partial charge in [0.25, 0.3) is 0 Å². The molecule has 0 bridgehead atoms. The van der Waals surface area contributed by atoms with E-state index in [1.165, 1.54) is 0 Å². The number of rotatable bonds is 3. The summed E-state index contributed by atoms with van der Waals surface area (Å²) in [6.45, 7) is 11.1. The number of anilines is 2. The van der Waals surface area contributed by atoms with Gasteiger partial charge in [-0.1, -0.05) is 27.7 Å². The maximum absolute atomic E-state index is 4.43. The molecule has 1 aromatic rings. The van der Waals surface area contributed by atoms with Crippen LogP contribution in [0.25, 0.3) is 0 Å². The second kappa shape index (κ2) is 3.59. The van der Waals surface area contributed by atoms with Crippen LogP contribution in [0.2, 0.25) is 0 Å². The lowest BCUT2D eigenvalue weighted by Crippen LogP contribution is -2.12. The van der Waals surface area contributed by atoms with Crippen molar-refractivity contribution >= 4 is 11.6 Å². The Morgan fingerprint density at radius 1 is 1.06 bits per heavy atom. The van der Waals surface area contributed by atoms with Crippen LogP contribution in [0.4, 0.5) is 11.6 Å². The Balaban J connectivity index is 2.18. The summed E-state index contributed by atoms with van der Waals surface area (Å²) in [5.74, 6) is 2.55. The number of aromatic nitrogens is 2. The number of nitrogens with zero attached hydrogens (tertiary/aromatic N) is 2. The molecule has 1 aromatic heterocycles. The third-order valence-electron chi connectivity index (χ3n) is 4.41. The van der Waals surface area contributed by atoms with Gasteiger partial charge >= 0.3 is 0 Å². The fourth-order valence-corrected chi connectivity index (χ4v) is 2.47. The zero-order chi connectivity index (χ0) is 12.8. The Hall–Kier alpha value is -1.32. The Morgan fingerprint density at radius 3 is 2.06 bits per heavy atom. The molecule has 4 heteroatoms. The highest BCUT2D eigenvalue weighted by Gasteiger charge is 2.65. The second-order valence-electron chi connectivity index (χ2n) is 5.96. The monoisotopic (exact) mass is 234 g/mol. The largest absolute Gasteiger partial charge is 0.373 e. The van der Waals surface area contributed by atoms with E-state index >= 15 is 0 Å².